The van der Waals surface area contributed by atoms with Gasteiger partial charge in [-0.25, -0.2) is 4.79 Å². The smallest absolute Gasteiger partial charge is 0.337 e. The molecule has 2 nitrogen and oxygen atoms in total. The number of rotatable bonds is 11. The molecular formula is C21H33ClO2. The summed E-state index contributed by atoms with van der Waals surface area (Å²) in [5, 5.41) is 9.35. The van der Waals surface area contributed by atoms with Gasteiger partial charge in [-0.15, -0.1) is 0 Å². The topological polar surface area (TPSA) is 37.3 Å². The number of hydrogen-bond acceptors (Lipinski definition) is 1. The second kappa shape index (κ2) is 10.8. The van der Waals surface area contributed by atoms with E-state index in [0.717, 1.165) is 23.8 Å². The maximum Gasteiger partial charge on any atom is 0.337 e. The monoisotopic (exact) mass is 352 g/mol. The first-order chi connectivity index (χ1) is 11.3. The van der Waals surface area contributed by atoms with Crippen LogP contribution in [0.2, 0.25) is 5.02 Å². The third-order valence-electron chi connectivity index (χ3n) is 4.72. The molecule has 0 aromatic heterocycles. The average Bonchev–Trinajstić information content (AvgIpc) is 2.46. The predicted octanol–water partition coefficient (Wildman–Crippen LogP) is 6.85. The van der Waals surface area contributed by atoms with Crippen LogP contribution in [0.5, 0.6) is 0 Å². The molecule has 0 heterocycles. The molecule has 1 N–H and O–H groups in total. The lowest BCUT2D eigenvalue weighted by atomic mass is 9.91. The van der Waals surface area contributed by atoms with Crippen molar-refractivity contribution in [1.82, 2.24) is 0 Å². The molecule has 1 aromatic rings. The zero-order chi connectivity index (χ0) is 18.1. The molecule has 0 saturated carbocycles. The summed E-state index contributed by atoms with van der Waals surface area (Å²) in [6.07, 6.45) is 8.79. The second-order valence-corrected chi connectivity index (χ2v) is 8.20. The Bertz CT molecular complexity index is 511. The summed E-state index contributed by atoms with van der Waals surface area (Å²) in [5.74, 6) is 1.27. The van der Waals surface area contributed by atoms with Gasteiger partial charge in [0.25, 0.3) is 0 Å². The van der Waals surface area contributed by atoms with Gasteiger partial charge in [0.15, 0.2) is 0 Å². The molecule has 0 aliphatic rings. The number of halogens is 1. The fraction of sp³-hybridized carbons (Fsp3) is 0.667. The van der Waals surface area contributed by atoms with Crippen LogP contribution in [0.25, 0.3) is 0 Å². The van der Waals surface area contributed by atoms with Crippen LogP contribution in [0.3, 0.4) is 0 Å². The van der Waals surface area contributed by atoms with Gasteiger partial charge in [0.05, 0.1) is 10.6 Å². The van der Waals surface area contributed by atoms with Crippen LogP contribution < -0.4 is 0 Å². The minimum absolute atomic E-state index is 0.184. The minimum Gasteiger partial charge on any atom is -0.478 e. The summed E-state index contributed by atoms with van der Waals surface area (Å²) >= 11 is 6.04. The minimum atomic E-state index is -0.967. The summed E-state index contributed by atoms with van der Waals surface area (Å²) in [7, 11) is 0. The Morgan fingerprint density at radius 3 is 2.12 bits per heavy atom. The van der Waals surface area contributed by atoms with E-state index in [2.05, 4.69) is 27.7 Å². The molecule has 0 bridgehead atoms. The normalized spacial score (nSPS) is 13.9. The van der Waals surface area contributed by atoms with Crippen LogP contribution in [0.1, 0.15) is 82.1 Å². The highest BCUT2D eigenvalue weighted by atomic mass is 35.5. The summed E-state index contributed by atoms with van der Waals surface area (Å²) < 4.78 is 0. The number of carboxylic acids is 1. The van der Waals surface area contributed by atoms with Crippen molar-refractivity contribution >= 4 is 17.6 Å². The van der Waals surface area contributed by atoms with Gasteiger partial charge >= 0.3 is 5.97 Å². The molecule has 2 atom stereocenters. The van der Waals surface area contributed by atoms with E-state index in [-0.39, 0.29) is 5.56 Å². The first-order valence-electron chi connectivity index (χ1n) is 9.31. The number of carbonyl (C=O) groups is 1. The Morgan fingerprint density at radius 1 is 1.00 bits per heavy atom. The van der Waals surface area contributed by atoms with E-state index in [1.54, 1.807) is 12.1 Å². The van der Waals surface area contributed by atoms with Crippen molar-refractivity contribution in [3.05, 3.63) is 34.3 Å². The molecule has 0 spiro atoms. The van der Waals surface area contributed by atoms with Gasteiger partial charge in [0.2, 0.25) is 0 Å². The van der Waals surface area contributed by atoms with E-state index in [1.807, 2.05) is 6.07 Å². The Balaban J connectivity index is 2.30. The van der Waals surface area contributed by atoms with Crippen molar-refractivity contribution in [1.29, 1.82) is 0 Å². The van der Waals surface area contributed by atoms with E-state index in [1.165, 1.54) is 38.5 Å². The van der Waals surface area contributed by atoms with Crippen molar-refractivity contribution in [2.75, 3.05) is 0 Å². The van der Waals surface area contributed by atoms with Crippen LogP contribution in [0.4, 0.5) is 0 Å². The fourth-order valence-corrected chi connectivity index (χ4v) is 3.48. The van der Waals surface area contributed by atoms with Crippen LogP contribution >= 0.6 is 11.6 Å². The molecular weight excluding hydrogens is 320 g/mol. The lowest BCUT2D eigenvalue weighted by Gasteiger charge is -2.15. The zero-order valence-electron chi connectivity index (χ0n) is 15.6. The molecule has 0 aliphatic carbocycles. The van der Waals surface area contributed by atoms with Crippen molar-refractivity contribution in [3.63, 3.8) is 0 Å². The van der Waals surface area contributed by atoms with Crippen molar-refractivity contribution in [3.8, 4) is 0 Å². The quantitative estimate of drug-likeness (QED) is 0.472. The van der Waals surface area contributed by atoms with Crippen molar-refractivity contribution in [2.45, 2.75) is 72.6 Å². The van der Waals surface area contributed by atoms with E-state index >= 15 is 0 Å². The van der Waals surface area contributed by atoms with Gasteiger partial charge in [0.1, 0.15) is 0 Å². The summed E-state index contributed by atoms with van der Waals surface area (Å²) in [6, 6.07) is 5.31. The largest absolute Gasteiger partial charge is 0.478 e. The molecule has 0 fully saturated rings. The molecule has 1 aromatic carbocycles. The first kappa shape index (κ1) is 21.0. The predicted molar refractivity (Wildman–Crippen MR) is 103 cm³/mol. The number of carboxylic acid groups (broad SMARTS) is 1. The molecule has 0 saturated heterocycles. The molecule has 0 radical (unpaired) electrons. The van der Waals surface area contributed by atoms with Crippen LogP contribution in [0, 0.1) is 17.8 Å². The van der Waals surface area contributed by atoms with Gasteiger partial charge in [-0.2, -0.15) is 0 Å². The van der Waals surface area contributed by atoms with E-state index in [9.17, 15) is 4.79 Å². The lowest BCUT2D eigenvalue weighted by molar-refractivity contribution is 0.0697. The summed E-state index contributed by atoms with van der Waals surface area (Å²) in [5.41, 5.74) is 1.31. The average molecular weight is 353 g/mol. The number of benzene rings is 1. The molecule has 3 heteroatoms. The maximum atomic E-state index is 11.0. The Kier molecular flexibility index (Phi) is 9.43. The summed E-state index contributed by atoms with van der Waals surface area (Å²) in [6.45, 7) is 9.22. The SMILES string of the molecule is CC(C)CCCC(C)CCCC(C)Cc1ccc(C(=O)O)c(Cl)c1. The third-order valence-corrected chi connectivity index (χ3v) is 5.03. The summed E-state index contributed by atoms with van der Waals surface area (Å²) in [4.78, 5) is 11.0. The molecule has 24 heavy (non-hydrogen) atoms. The highest BCUT2D eigenvalue weighted by Gasteiger charge is 2.11. The van der Waals surface area contributed by atoms with Gasteiger partial charge in [-0.3, -0.25) is 0 Å². The van der Waals surface area contributed by atoms with Gasteiger partial charge in [0, 0.05) is 0 Å². The van der Waals surface area contributed by atoms with Gasteiger partial charge in [-0.1, -0.05) is 83.9 Å². The fourth-order valence-electron chi connectivity index (χ4n) is 3.20. The third kappa shape index (κ3) is 8.19. The van der Waals surface area contributed by atoms with E-state index < -0.39 is 5.97 Å². The molecule has 0 amide bonds. The van der Waals surface area contributed by atoms with Crippen LogP contribution in [-0.4, -0.2) is 11.1 Å². The molecule has 2 unspecified atom stereocenters. The van der Waals surface area contributed by atoms with Crippen LogP contribution in [-0.2, 0) is 6.42 Å². The lowest BCUT2D eigenvalue weighted by Crippen LogP contribution is -2.04. The number of aromatic carboxylic acids is 1. The molecule has 1 rings (SSSR count). The Morgan fingerprint density at radius 2 is 1.58 bits per heavy atom. The standard InChI is InChI=1S/C21H33ClO2/c1-15(2)7-5-8-16(3)9-6-10-17(4)13-18-11-12-19(21(23)24)20(22)14-18/h11-12,14-17H,5-10,13H2,1-4H3,(H,23,24). The molecule has 136 valence electrons. The first-order valence-corrected chi connectivity index (χ1v) is 9.69. The number of hydrogen-bond donors (Lipinski definition) is 1. The second-order valence-electron chi connectivity index (χ2n) is 7.79. The Hall–Kier alpha value is -1.02. The van der Waals surface area contributed by atoms with E-state index in [4.69, 9.17) is 16.7 Å². The van der Waals surface area contributed by atoms with Crippen LogP contribution in [0.15, 0.2) is 18.2 Å². The molecule has 0 aliphatic heterocycles. The van der Waals surface area contributed by atoms with Crippen molar-refractivity contribution in [2.24, 2.45) is 17.8 Å². The zero-order valence-corrected chi connectivity index (χ0v) is 16.4. The highest BCUT2D eigenvalue weighted by molar-refractivity contribution is 6.33. The van der Waals surface area contributed by atoms with Crippen molar-refractivity contribution < 1.29 is 9.90 Å². The van der Waals surface area contributed by atoms with E-state index in [0.29, 0.717) is 10.9 Å². The Labute approximate surface area is 152 Å². The van der Waals surface area contributed by atoms with Gasteiger partial charge in [-0.05, 0) is 41.9 Å². The highest BCUT2D eigenvalue weighted by Crippen LogP contribution is 2.23. The van der Waals surface area contributed by atoms with Gasteiger partial charge < -0.3 is 5.11 Å². The maximum absolute atomic E-state index is 11.0.